The van der Waals surface area contributed by atoms with E-state index in [2.05, 4.69) is 5.32 Å². The topological polar surface area (TPSA) is 125 Å². The molecule has 0 aromatic heterocycles. The van der Waals surface area contributed by atoms with Crippen LogP contribution in [0.1, 0.15) is 28.4 Å². The number of sulfonamides is 1. The van der Waals surface area contributed by atoms with E-state index in [1.165, 1.54) is 18.2 Å². The Morgan fingerprint density at radius 2 is 1.76 bits per heavy atom. The Kier molecular flexibility index (Phi) is 6.13. The van der Waals surface area contributed by atoms with Gasteiger partial charge in [0.2, 0.25) is 10.0 Å². The zero-order valence-electron chi connectivity index (χ0n) is 13.9. The number of anilines is 1. The van der Waals surface area contributed by atoms with Gasteiger partial charge in [-0.3, -0.25) is 4.79 Å². The van der Waals surface area contributed by atoms with Crippen LogP contribution in [-0.4, -0.2) is 20.9 Å². The number of carbonyl (C=O) groups is 1. The summed E-state index contributed by atoms with van der Waals surface area (Å²) in [7, 11) is -3.90. The van der Waals surface area contributed by atoms with Crippen LogP contribution in [0.25, 0.3) is 0 Å². The number of amides is 1. The van der Waals surface area contributed by atoms with Gasteiger partial charge in [-0.1, -0.05) is 24.3 Å². The van der Waals surface area contributed by atoms with Gasteiger partial charge in [-0.05, 0) is 36.2 Å². The zero-order valence-corrected chi connectivity index (χ0v) is 14.7. The number of hydrogen-bond acceptors (Lipinski definition) is 5. The lowest BCUT2D eigenvalue weighted by Gasteiger charge is -2.12. The fourth-order valence-electron chi connectivity index (χ4n) is 2.23. The first-order valence-electron chi connectivity index (χ1n) is 7.67. The molecule has 0 aliphatic carbocycles. The number of rotatable bonds is 8. The molecule has 0 fully saturated rings. The van der Waals surface area contributed by atoms with E-state index in [9.17, 15) is 13.2 Å². The number of carbonyl (C=O) groups excluding carboxylic acids is 1. The molecule has 134 valence electrons. The summed E-state index contributed by atoms with van der Waals surface area (Å²) in [5.41, 5.74) is 7.91. The van der Waals surface area contributed by atoms with Crippen molar-refractivity contribution in [2.24, 2.45) is 10.9 Å². The minimum absolute atomic E-state index is 0.0690. The summed E-state index contributed by atoms with van der Waals surface area (Å²) in [5, 5.41) is 8.16. The fourth-order valence-corrected chi connectivity index (χ4v) is 2.77. The SMILES string of the molecule is CCOCc1ccc(CNc2ccc(S(N)(=O)=O)cc2C(N)=O)cc1. The predicted octanol–water partition coefficient (Wildman–Crippen LogP) is 1.58. The molecule has 7 nitrogen and oxygen atoms in total. The van der Waals surface area contributed by atoms with Gasteiger partial charge in [-0.2, -0.15) is 0 Å². The molecular formula is C17H21N3O4S. The molecule has 0 aliphatic heterocycles. The molecule has 2 aromatic carbocycles. The molecule has 0 unspecified atom stereocenters. The highest BCUT2D eigenvalue weighted by Crippen LogP contribution is 2.20. The van der Waals surface area contributed by atoms with Gasteiger partial charge in [-0.15, -0.1) is 0 Å². The maximum atomic E-state index is 11.6. The zero-order chi connectivity index (χ0) is 18.4. The molecule has 8 heteroatoms. The standard InChI is InChI=1S/C17H21N3O4S/c1-2-24-11-13-5-3-12(4-6-13)10-20-16-8-7-14(25(19,22)23)9-15(16)17(18)21/h3-9,20H,2,10-11H2,1H3,(H2,18,21)(H2,19,22,23). The average Bonchev–Trinajstić information content (AvgIpc) is 2.58. The second-order valence-corrected chi connectivity index (χ2v) is 6.99. The molecule has 0 radical (unpaired) electrons. The predicted molar refractivity (Wildman–Crippen MR) is 95.4 cm³/mol. The largest absolute Gasteiger partial charge is 0.380 e. The maximum Gasteiger partial charge on any atom is 0.250 e. The Balaban J connectivity index is 2.13. The maximum absolute atomic E-state index is 11.6. The molecule has 25 heavy (non-hydrogen) atoms. The monoisotopic (exact) mass is 363 g/mol. The van der Waals surface area contributed by atoms with Gasteiger partial charge >= 0.3 is 0 Å². The van der Waals surface area contributed by atoms with Crippen molar-refractivity contribution in [1.29, 1.82) is 0 Å². The normalized spacial score (nSPS) is 11.3. The smallest absolute Gasteiger partial charge is 0.250 e. The van der Waals surface area contributed by atoms with Gasteiger partial charge in [0.15, 0.2) is 0 Å². The third-order valence-electron chi connectivity index (χ3n) is 3.56. The van der Waals surface area contributed by atoms with Crippen molar-refractivity contribution in [2.45, 2.75) is 25.0 Å². The third-order valence-corrected chi connectivity index (χ3v) is 4.47. The lowest BCUT2D eigenvalue weighted by Crippen LogP contribution is -2.17. The molecule has 0 heterocycles. The van der Waals surface area contributed by atoms with E-state index >= 15 is 0 Å². The molecule has 0 spiro atoms. The van der Waals surface area contributed by atoms with Crippen molar-refractivity contribution in [3.05, 3.63) is 59.2 Å². The van der Waals surface area contributed by atoms with Gasteiger partial charge in [0.05, 0.1) is 17.1 Å². The van der Waals surface area contributed by atoms with Crippen LogP contribution in [0.3, 0.4) is 0 Å². The summed E-state index contributed by atoms with van der Waals surface area (Å²) in [5.74, 6) is -0.736. The van der Waals surface area contributed by atoms with Crippen molar-refractivity contribution >= 4 is 21.6 Å². The summed E-state index contributed by atoms with van der Waals surface area (Å²) >= 11 is 0. The van der Waals surface area contributed by atoms with Gasteiger partial charge in [-0.25, -0.2) is 13.6 Å². The molecule has 2 aromatic rings. The van der Waals surface area contributed by atoms with Crippen LogP contribution in [0.2, 0.25) is 0 Å². The highest BCUT2D eigenvalue weighted by atomic mass is 32.2. The molecular weight excluding hydrogens is 342 g/mol. The van der Waals surface area contributed by atoms with Crippen molar-refractivity contribution in [3.63, 3.8) is 0 Å². The van der Waals surface area contributed by atoms with E-state index < -0.39 is 15.9 Å². The Morgan fingerprint density at radius 3 is 2.32 bits per heavy atom. The van der Waals surface area contributed by atoms with E-state index in [1.54, 1.807) is 0 Å². The van der Waals surface area contributed by atoms with Gasteiger partial charge in [0.1, 0.15) is 0 Å². The third kappa shape index (κ3) is 5.28. The molecule has 2 rings (SSSR count). The number of primary amides is 1. The number of primary sulfonamides is 1. The molecule has 0 saturated heterocycles. The van der Waals surface area contributed by atoms with Crippen molar-refractivity contribution in [3.8, 4) is 0 Å². The molecule has 5 N–H and O–H groups in total. The summed E-state index contributed by atoms with van der Waals surface area (Å²) < 4.78 is 28.1. The van der Waals surface area contributed by atoms with Crippen LogP contribution in [-0.2, 0) is 27.9 Å². The fraction of sp³-hybridized carbons (Fsp3) is 0.235. The van der Waals surface area contributed by atoms with Crippen molar-refractivity contribution in [1.82, 2.24) is 0 Å². The Hall–Kier alpha value is -2.42. The molecule has 0 saturated carbocycles. The summed E-state index contributed by atoms with van der Waals surface area (Å²) in [6.45, 7) is 3.61. The molecule has 0 aliphatic rings. The first-order valence-corrected chi connectivity index (χ1v) is 9.22. The van der Waals surface area contributed by atoms with Gasteiger partial charge in [0.25, 0.3) is 5.91 Å². The second-order valence-electron chi connectivity index (χ2n) is 5.42. The quantitative estimate of drug-likeness (QED) is 0.657. The molecule has 0 bridgehead atoms. The Morgan fingerprint density at radius 1 is 1.12 bits per heavy atom. The van der Waals surface area contributed by atoms with Crippen LogP contribution in [0.5, 0.6) is 0 Å². The Bertz CT molecular complexity index is 849. The summed E-state index contributed by atoms with van der Waals surface area (Å²) in [4.78, 5) is 11.4. The van der Waals surface area contributed by atoms with Crippen LogP contribution in [0, 0.1) is 0 Å². The lowest BCUT2D eigenvalue weighted by atomic mass is 10.1. The van der Waals surface area contributed by atoms with Crippen molar-refractivity contribution < 1.29 is 17.9 Å². The summed E-state index contributed by atoms with van der Waals surface area (Å²) in [6.07, 6.45) is 0. The van der Waals surface area contributed by atoms with Crippen LogP contribution in [0.4, 0.5) is 5.69 Å². The van der Waals surface area contributed by atoms with E-state index in [4.69, 9.17) is 15.6 Å². The lowest BCUT2D eigenvalue weighted by molar-refractivity contribution is 0.100. The summed E-state index contributed by atoms with van der Waals surface area (Å²) in [6, 6.07) is 11.8. The van der Waals surface area contributed by atoms with E-state index in [0.717, 1.165) is 11.1 Å². The second kappa shape index (κ2) is 8.11. The first-order chi connectivity index (χ1) is 11.8. The minimum Gasteiger partial charge on any atom is -0.380 e. The van der Waals surface area contributed by atoms with Gasteiger partial charge in [0, 0.05) is 18.8 Å². The highest BCUT2D eigenvalue weighted by Gasteiger charge is 2.14. The highest BCUT2D eigenvalue weighted by molar-refractivity contribution is 7.89. The number of hydrogen-bond donors (Lipinski definition) is 3. The van der Waals surface area contributed by atoms with Crippen molar-refractivity contribution in [2.75, 3.05) is 11.9 Å². The number of benzene rings is 2. The van der Waals surface area contributed by atoms with Crippen LogP contribution < -0.4 is 16.2 Å². The first kappa shape index (κ1) is 18.9. The number of nitrogens with two attached hydrogens (primary N) is 2. The van der Waals surface area contributed by atoms with E-state index in [-0.39, 0.29) is 10.5 Å². The van der Waals surface area contributed by atoms with E-state index in [1.807, 2.05) is 31.2 Å². The molecule has 0 atom stereocenters. The Labute approximate surface area is 147 Å². The average molecular weight is 363 g/mol. The van der Waals surface area contributed by atoms with Crippen LogP contribution >= 0.6 is 0 Å². The van der Waals surface area contributed by atoms with E-state index in [0.29, 0.717) is 25.4 Å². The minimum atomic E-state index is -3.90. The number of nitrogens with one attached hydrogen (secondary N) is 1. The van der Waals surface area contributed by atoms with Crippen LogP contribution in [0.15, 0.2) is 47.4 Å². The van der Waals surface area contributed by atoms with Gasteiger partial charge < -0.3 is 15.8 Å². The molecule has 1 amide bonds. The number of ether oxygens (including phenoxy) is 1.